The summed E-state index contributed by atoms with van der Waals surface area (Å²) in [6.45, 7) is 8.13. The van der Waals surface area contributed by atoms with Crippen molar-refractivity contribution in [3.63, 3.8) is 0 Å². The Morgan fingerprint density at radius 3 is 2.85 bits per heavy atom. The molecule has 0 radical (unpaired) electrons. The first-order valence-electron chi connectivity index (χ1n) is 7.62. The summed E-state index contributed by atoms with van der Waals surface area (Å²) in [4.78, 5) is 4.55. The minimum absolute atomic E-state index is 0.469. The van der Waals surface area contributed by atoms with Gasteiger partial charge in [-0.1, -0.05) is 39.0 Å². The van der Waals surface area contributed by atoms with E-state index in [1.54, 1.807) is 0 Å². The number of nitrogens with one attached hydrogen (secondary N) is 1. The van der Waals surface area contributed by atoms with E-state index in [4.69, 9.17) is 4.74 Å². The third-order valence-corrected chi connectivity index (χ3v) is 3.84. The molecule has 0 spiro atoms. The predicted octanol–water partition coefficient (Wildman–Crippen LogP) is 3.56. The molecule has 0 saturated carbocycles. The summed E-state index contributed by atoms with van der Waals surface area (Å²) < 4.78 is 5.89. The van der Waals surface area contributed by atoms with Gasteiger partial charge < -0.3 is 10.1 Å². The molecule has 0 amide bonds. The molecule has 20 heavy (non-hydrogen) atoms. The van der Waals surface area contributed by atoms with Gasteiger partial charge in [0.2, 0.25) is 5.88 Å². The van der Waals surface area contributed by atoms with Gasteiger partial charge >= 0.3 is 0 Å². The molecule has 1 aliphatic carbocycles. The van der Waals surface area contributed by atoms with Gasteiger partial charge in [0.05, 0.1) is 12.3 Å². The lowest BCUT2D eigenvalue weighted by molar-refractivity contribution is 0.192. The van der Waals surface area contributed by atoms with Crippen LogP contribution >= 0.6 is 0 Å². The summed E-state index contributed by atoms with van der Waals surface area (Å²) in [7, 11) is 0. The van der Waals surface area contributed by atoms with Gasteiger partial charge in [0.1, 0.15) is 0 Å². The molecule has 3 heteroatoms. The van der Waals surface area contributed by atoms with Crippen LogP contribution in [-0.2, 0) is 6.54 Å². The van der Waals surface area contributed by atoms with E-state index in [9.17, 15) is 0 Å². The van der Waals surface area contributed by atoms with E-state index in [1.165, 1.54) is 6.42 Å². The van der Waals surface area contributed by atoms with Gasteiger partial charge in [-0.05, 0) is 30.7 Å². The van der Waals surface area contributed by atoms with Crippen molar-refractivity contribution >= 4 is 0 Å². The molecular weight excluding hydrogens is 248 g/mol. The molecule has 0 aliphatic heterocycles. The van der Waals surface area contributed by atoms with E-state index in [-0.39, 0.29) is 0 Å². The zero-order valence-corrected chi connectivity index (χ0v) is 12.8. The SMILES string of the molecule is CC(C)NCc1cccc(OCC2CC=CCC2C)n1. The van der Waals surface area contributed by atoms with Crippen LogP contribution in [0, 0.1) is 11.8 Å². The maximum atomic E-state index is 5.89. The molecule has 0 bridgehead atoms. The Kier molecular flexibility index (Phi) is 5.60. The molecule has 1 aromatic heterocycles. The molecule has 0 saturated heterocycles. The number of rotatable bonds is 6. The molecule has 2 atom stereocenters. The Labute approximate surface area is 122 Å². The lowest BCUT2D eigenvalue weighted by Gasteiger charge is -2.24. The van der Waals surface area contributed by atoms with Crippen LogP contribution in [0.5, 0.6) is 5.88 Å². The first-order chi connectivity index (χ1) is 9.65. The second-order valence-corrected chi connectivity index (χ2v) is 5.99. The van der Waals surface area contributed by atoms with Crippen molar-refractivity contribution in [3.05, 3.63) is 36.0 Å². The van der Waals surface area contributed by atoms with Crippen molar-refractivity contribution in [3.8, 4) is 5.88 Å². The third kappa shape index (κ3) is 4.64. The van der Waals surface area contributed by atoms with Crippen LogP contribution in [0.25, 0.3) is 0 Å². The van der Waals surface area contributed by atoms with Crippen LogP contribution < -0.4 is 10.1 Å². The van der Waals surface area contributed by atoms with Gasteiger partial charge in [0.25, 0.3) is 0 Å². The Balaban J connectivity index is 1.86. The number of allylic oxidation sites excluding steroid dienone is 2. The van der Waals surface area contributed by atoms with E-state index < -0.39 is 0 Å². The minimum atomic E-state index is 0.469. The Morgan fingerprint density at radius 1 is 1.30 bits per heavy atom. The van der Waals surface area contributed by atoms with Crippen molar-refractivity contribution < 1.29 is 4.74 Å². The van der Waals surface area contributed by atoms with Gasteiger partial charge in [-0.15, -0.1) is 0 Å². The average molecular weight is 274 g/mol. The maximum Gasteiger partial charge on any atom is 0.213 e. The van der Waals surface area contributed by atoms with Gasteiger partial charge in [-0.3, -0.25) is 0 Å². The molecule has 110 valence electrons. The predicted molar refractivity (Wildman–Crippen MR) is 82.7 cm³/mol. The lowest BCUT2D eigenvalue weighted by atomic mass is 9.85. The highest BCUT2D eigenvalue weighted by molar-refractivity contribution is 5.16. The summed E-state index contributed by atoms with van der Waals surface area (Å²) in [6.07, 6.45) is 6.83. The zero-order valence-electron chi connectivity index (χ0n) is 12.8. The van der Waals surface area contributed by atoms with Crippen molar-refractivity contribution in [1.82, 2.24) is 10.3 Å². The number of hydrogen-bond donors (Lipinski definition) is 1. The molecule has 3 nitrogen and oxygen atoms in total. The Hall–Kier alpha value is -1.35. The summed E-state index contributed by atoms with van der Waals surface area (Å²) >= 11 is 0. The first-order valence-corrected chi connectivity index (χ1v) is 7.62. The normalized spacial score (nSPS) is 22.2. The van der Waals surface area contributed by atoms with Gasteiger partial charge in [0, 0.05) is 18.7 Å². The minimum Gasteiger partial charge on any atom is -0.477 e. The van der Waals surface area contributed by atoms with Crippen LogP contribution in [0.4, 0.5) is 0 Å². The van der Waals surface area contributed by atoms with E-state index in [0.717, 1.165) is 31.1 Å². The van der Waals surface area contributed by atoms with E-state index in [2.05, 4.69) is 43.2 Å². The number of nitrogens with zero attached hydrogens (tertiary/aromatic N) is 1. The zero-order chi connectivity index (χ0) is 14.4. The van der Waals surface area contributed by atoms with E-state index in [0.29, 0.717) is 17.9 Å². The summed E-state index contributed by atoms with van der Waals surface area (Å²) in [5, 5.41) is 3.37. The summed E-state index contributed by atoms with van der Waals surface area (Å²) in [5.74, 6) is 2.06. The number of ether oxygens (including phenoxy) is 1. The number of hydrogen-bond acceptors (Lipinski definition) is 3. The quantitative estimate of drug-likeness (QED) is 0.805. The maximum absolute atomic E-state index is 5.89. The fraction of sp³-hybridized carbons (Fsp3) is 0.588. The van der Waals surface area contributed by atoms with Gasteiger partial charge in [0.15, 0.2) is 0 Å². The molecule has 0 aromatic carbocycles. The molecule has 1 aromatic rings. The second-order valence-electron chi connectivity index (χ2n) is 5.99. The topological polar surface area (TPSA) is 34.1 Å². The fourth-order valence-electron chi connectivity index (χ4n) is 2.38. The van der Waals surface area contributed by atoms with Crippen LogP contribution in [-0.4, -0.2) is 17.6 Å². The van der Waals surface area contributed by atoms with Crippen molar-refractivity contribution in [2.75, 3.05) is 6.61 Å². The number of pyridine rings is 1. The molecule has 2 unspecified atom stereocenters. The molecule has 0 fully saturated rings. The average Bonchev–Trinajstić information content (AvgIpc) is 2.45. The molecule has 1 aliphatic rings. The second kappa shape index (κ2) is 7.44. The standard InChI is InChI=1S/C17H26N2O/c1-13(2)18-11-16-9-6-10-17(19-16)20-12-15-8-5-4-7-14(15)3/h4-6,9-10,13-15,18H,7-8,11-12H2,1-3H3. The van der Waals surface area contributed by atoms with Crippen LogP contribution in [0.15, 0.2) is 30.4 Å². The van der Waals surface area contributed by atoms with Gasteiger partial charge in [-0.25, -0.2) is 4.98 Å². The highest BCUT2D eigenvalue weighted by atomic mass is 16.5. The summed E-state index contributed by atoms with van der Waals surface area (Å²) in [5.41, 5.74) is 1.03. The Bertz CT molecular complexity index is 442. The monoisotopic (exact) mass is 274 g/mol. The molecular formula is C17H26N2O. The van der Waals surface area contributed by atoms with Crippen molar-refractivity contribution in [1.29, 1.82) is 0 Å². The van der Waals surface area contributed by atoms with Crippen LogP contribution in [0.2, 0.25) is 0 Å². The van der Waals surface area contributed by atoms with E-state index >= 15 is 0 Å². The first kappa shape index (κ1) is 15.0. The lowest BCUT2D eigenvalue weighted by Crippen LogP contribution is -2.23. The van der Waals surface area contributed by atoms with Crippen molar-refractivity contribution in [2.45, 2.75) is 46.2 Å². The Morgan fingerprint density at radius 2 is 2.10 bits per heavy atom. The van der Waals surface area contributed by atoms with Crippen LogP contribution in [0.1, 0.15) is 39.3 Å². The molecule has 1 heterocycles. The molecule has 2 rings (SSSR count). The highest BCUT2D eigenvalue weighted by Gasteiger charge is 2.19. The summed E-state index contributed by atoms with van der Waals surface area (Å²) in [6, 6.07) is 6.47. The van der Waals surface area contributed by atoms with Crippen LogP contribution in [0.3, 0.4) is 0 Å². The largest absolute Gasteiger partial charge is 0.477 e. The highest BCUT2D eigenvalue weighted by Crippen LogP contribution is 2.25. The van der Waals surface area contributed by atoms with Gasteiger partial charge in [-0.2, -0.15) is 0 Å². The fourth-order valence-corrected chi connectivity index (χ4v) is 2.38. The van der Waals surface area contributed by atoms with Crippen molar-refractivity contribution in [2.24, 2.45) is 11.8 Å². The third-order valence-electron chi connectivity index (χ3n) is 3.84. The van der Waals surface area contributed by atoms with E-state index in [1.807, 2.05) is 18.2 Å². The smallest absolute Gasteiger partial charge is 0.213 e. The number of aromatic nitrogens is 1. The molecule has 1 N–H and O–H groups in total.